The van der Waals surface area contributed by atoms with Crippen molar-refractivity contribution < 1.29 is 13.9 Å². The molecule has 2 nitrogen and oxygen atoms in total. The molecule has 1 aromatic carbocycles. The van der Waals surface area contributed by atoms with Crippen LogP contribution in [0.4, 0.5) is 4.39 Å². The second-order valence-corrected chi connectivity index (χ2v) is 4.14. The van der Waals surface area contributed by atoms with Crippen LogP contribution in [0, 0.1) is 6.92 Å². The molecule has 1 aromatic rings. The first-order valence-corrected chi connectivity index (χ1v) is 5.47. The maximum atomic E-state index is 14.1. The molecule has 5 heteroatoms. The third-order valence-corrected chi connectivity index (χ3v) is 2.91. The van der Waals surface area contributed by atoms with Gasteiger partial charge in [-0.05, 0) is 25.5 Å². The molecule has 16 heavy (non-hydrogen) atoms. The highest BCUT2D eigenvalue weighted by atomic mass is 35.5. The topological polar surface area (TPSA) is 26.3 Å². The van der Waals surface area contributed by atoms with Gasteiger partial charge in [-0.25, -0.2) is 9.18 Å². The van der Waals surface area contributed by atoms with E-state index in [0.29, 0.717) is 10.6 Å². The van der Waals surface area contributed by atoms with Crippen molar-refractivity contribution in [3.05, 3.63) is 34.3 Å². The number of alkyl halides is 2. The van der Waals surface area contributed by atoms with Crippen molar-refractivity contribution in [1.29, 1.82) is 0 Å². The van der Waals surface area contributed by atoms with Crippen LogP contribution in [0.2, 0.25) is 5.02 Å². The SMILES string of the molecule is CCOC(=O)C(F)(Cl)c1cccc(Cl)c1C. The average molecular weight is 265 g/mol. The molecule has 1 unspecified atom stereocenters. The van der Waals surface area contributed by atoms with Gasteiger partial charge in [-0.1, -0.05) is 35.3 Å². The molecule has 88 valence electrons. The molecule has 0 N–H and O–H groups in total. The van der Waals surface area contributed by atoms with E-state index in [2.05, 4.69) is 4.74 Å². The van der Waals surface area contributed by atoms with Crippen molar-refractivity contribution in [3.63, 3.8) is 0 Å². The Hall–Kier alpha value is -0.800. The van der Waals surface area contributed by atoms with Crippen molar-refractivity contribution in [2.45, 2.75) is 19.0 Å². The van der Waals surface area contributed by atoms with Gasteiger partial charge in [0.2, 0.25) is 0 Å². The highest BCUT2D eigenvalue weighted by Gasteiger charge is 2.41. The van der Waals surface area contributed by atoms with E-state index in [1.165, 1.54) is 12.1 Å². The zero-order valence-electron chi connectivity index (χ0n) is 8.89. The Balaban J connectivity index is 3.16. The van der Waals surface area contributed by atoms with Crippen molar-refractivity contribution >= 4 is 29.2 Å². The first kappa shape index (κ1) is 13.3. The van der Waals surface area contributed by atoms with Crippen molar-refractivity contribution in [2.75, 3.05) is 6.61 Å². The minimum Gasteiger partial charge on any atom is -0.462 e. The predicted molar refractivity (Wildman–Crippen MR) is 61.5 cm³/mol. The molecule has 0 saturated carbocycles. The van der Waals surface area contributed by atoms with E-state index >= 15 is 0 Å². The van der Waals surface area contributed by atoms with Crippen LogP contribution in [0.1, 0.15) is 18.1 Å². The minimum atomic E-state index is -2.69. The third kappa shape index (κ3) is 2.47. The van der Waals surface area contributed by atoms with Crippen LogP contribution in [0.5, 0.6) is 0 Å². The van der Waals surface area contributed by atoms with Gasteiger partial charge in [-0.2, -0.15) is 0 Å². The second kappa shape index (κ2) is 5.02. The minimum absolute atomic E-state index is 0.0140. The summed E-state index contributed by atoms with van der Waals surface area (Å²) in [6.07, 6.45) is 0. The number of hydrogen-bond donors (Lipinski definition) is 0. The van der Waals surface area contributed by atoms with Crippen molar-refractivity contribution in [1.82, 2.24) is 0 Å². The predicted octanol–water partition coefficient (Wildman–Crippen LogP) is 3.57. The number of carbonyl (C=O) groups excluding carboxylic acids is 1. The summed E-state index contributed by atoms with van der Waals surface area (Å²) in [5.74, 6) is -1.12. The Labute approximate surface area is 103 Å². The van der Waals surface area contributed by atoms with E-state index < -0.39 is 11.1 Å². The molecule has 0 spiro atoms. The summed E-state index contributed by atoms with van der Waals surface area (Å²) < 4.78 is 18.6. The fourth-order valence-electron chi connectivity index (χ4n) is 1.28. The summed E-state index contributed by atoms with van der Waals surface area (Å²) in [5, 5.41) is -2.34. The summed E-state index contributed by atoms with van der Waals surface area (Å²) in [6, 6.07) is 4.53. The monoisotopic (exact) mass is 264 g/mol. The molecule has 0 saturated heterocycles. The summed E-state index contributed by atoms with van der Waals surface area (Å²) >= 11 is 11.4. The first-order chi connectivity index (χ1) is 7.41. The van der Waals surface area contributed by atoms with E-state index in [9.17, 15) is 9.18 Å². The van der Waals surface area contributed by atoms with Crippen molar-refractivity contribution in [3.8, 4) is 0 Å². The van der Waals surface area contributed by atoms with Gasteiger partial charge in [0.15, 0.2) is 0 Å². The lowest BCUT2D eigenvalue weighted by atomic mass is 10.0. The van der Waals surface area contributed by atoms with Crippen LogP contribution >= 0.6 is 23.2 Å². The fraction of sp³-hybridized carbons (Fsp3) is 0.364. The van der Waals surface area contributed by atoms with Crippen LogP contribution in [0.25, 0.3) is 0 Å². The van der Waals surface area contributed by atoms with Gasteiger partial charge in [-0.15, -0.1) is 0 Å². The van der Waals surface area contributed by atoms with Gasteiger partial charge in [0, 0.05) is 10.6 Å². The van der Waals surface area contributed by atoms with Gasteiger partial charge in [0.05, 0.1) is 6.61 Å². The number of ether oxygens (including phenoxy) is 1. The Morgan fingerprint density at radius 1 is 1.56 bits per heavy atom. The standard InChI is InChI=1S/C11H11Cl2FO2/c1-3-16-10(15)11(13,14)8-5-4-6-9(12)7(8)2/h4-6H,3H2,1-2H3. The van der Waals surface area contributed by atoms with Gasteiger partial charge < -0.3 is 4.74 Å². The smallest absolute Gasteiger partial charge is 0.364 e. The highest BCUT2D eigenvalue weighted by Crippen LogP contribution is 2.36. The zero-order chi connectivity index (χ0) is 12.3. The number of esters is 1. The fourth-order valence-corrected chi connectivity index (χ4v) is 1.71. The number of rotatable bonds is 3. The molecule has 0 aliphatic carbocycles. The Morgan fingerprint density at radius 3 is 2.75 bits per heavy atom. The van der Waals surface area contributed by atoms with Crippen LogP contribution in [-0.2, 0) is 14.7 Å². The van der Waals surface area contributed by atoms with E-state index in [-0.39, 0.29) is 12.2 Å². The average Bonchev–Trinajstić information content (AvgIpc) is 2.22. The maximum absolute atomic E-state index is 14.1. The van der Waals surface area contributed by atoms with Gasteiger partial charge in [0.1, 0.15) is 0 Å². The number of benzene rings is 1. The number of carbonyl (C=O) groups is 1. The van der Waals surface area contributed by atoms with Gasteiger partial charge in [-0.3, -0.25) is 0 Å². The molecule has 0 bridgehead atoms. The highest BCUT2D eigenvalue weighted by molar-refractivity contribution is 6.34. The Kier molecular flexibility index (Phi) is 4.16. The molecule has 0 radical (unpaired) electrons. The van der Waals surface area contributed by atoms with Gasteiger partial charge >= 0.3 is 11.1 Å². The number of halogens is 3. The van der Waals surface area contributed by atoms with Crippen LogP contribution in [0.15, 0.2) is 18.2 Å². The van der Waals surface area contributed by atoms with Crippen LogP contribution in [-0.4, -0.2) is 12.6 Å². The summed E-state index contributed by atoms with van der Waals surface area (Å²) in [5.41, 5.74) is 0.440. The van der Waals surface area contributed by atoms with Crippen LogP contribution < -0.4 is 0 Å². The third-order valence-electron chi connectivity index (χ3n) is 2.14. The lowest BCUT2D eigenvalue weighted by Gasteiger charge is -2.18. The lowest BCUT2D eigenvalue weighted by Crippen LogP contribution is -2.28. The molecule has 0 aromatic heterocycles. The van der Waals surface area contributed by atoms with Crippen molar-refractivity contribution in [2.24, 2.45) is 0 Å². The second-order valence-electron chi connectivity index (χ2n) is 3.21. The molecular formula is C11H11Cl2FO2. The Morgan fingerprint density at radius 2 is 2.19 bits per heavy atom. The summed E-state index contributed by atoms with van der Waals surface area (Å²) in [7, 11) is 0. The first-order valence-electron chi connectivity index (χ1n) is 4.71. The molecule has 0 aliphatic rings. The quantitative estimate of drug-likeness (QED) is 0.616. The summed E-state index contributed by atoms with van der Waals surface area (Å²) in [4.78, 5) is 11.4. The van der Waals surface area contributed by atoms with E-state index in [1.54, 1.807) is 19.9 Å². The van der Waals surface area contributed by atoms with Gasteiger partial charge in [0.25, 0.3) is 0 Å². The lowest BCUT2D eigenvalue weighted by molar-refractivity contribution is -0.152. The summed E-state index contributed by atoms with van der Waals surface area (Å²) in [6.45, 7) is 3.24. The zero-order valence-corrected chi connectivity index (χ0v) is 10.4. The number of hydrogen-bond acceptors (Lipinski definition) is 2. The molecule has 0 amide bonds. The molecule has 1 rings (SSSR count). The van der Waals surface area contributed by atoms with Crippen LogP contribution in [0.3, 0.4) is 0 Å². The largest absolute Gasteiger partial charge is 0.462 e. The molecule has 0 fully saturated rings. The van der Waals surface area contributed by atoms with E-state index in [4.69, 9.17) is 23.2 Å². The molecular weight excluding hydrogens is 254 g/mol. The normalized spacial score (nSPS) is 14.3. The molecule has 1 atom stereocenters. The van der Waals surface area contributed by atoms with E-state index in [1.807, 2.05) is 0 Å². The maximum Gasteiger partial charge on any atom is 0.364 e. The molecule has 0 aliphatic heterocycles. The van der Waals surface area contributed by atoms with E-state index in [0.717, 1.165) is 0 Å². The molecule has 0 heterocycles. The Bertz CT molecular complexity index is 405.